The number of unbranched alkanes of at least 4 members (excludes halogenated alkanes) is 1. The molecule has 2 aromatic carbocycles. The molecule has 0 aliphatic rings. The van der Waals surface area contributed by atoms with Gasteiger partial charge in [0, 0.05) is 36.7 Å². The number of fused-ring (bicyclic) bond motifs is 1. The molecule has 0 fully saturated rings. The largest absolute Gasteiger partial charge is 0.331 e. The lowest BCUT2D eigenvalue weighted by Gasteiger charge is -2.07. The first-order chi connectivity index (χ1) is 15.4. The van der Waals surface area contributed by atoms with Gasteiger partial charge >= 0.3 is 11.9 Å². The average Bonchev–Trinajstić information content (AvgIpc) is 3.17. The van der Waals surface area contributed by atoms with Gasteiger partial charge in [-0.1, -0.05) is 54.0 Å². The van der Waals surface area contributed by atoms with Crippen LogP contribution in [0.5, 0.6) is 0 Å². The lowest BCUT2D eigenvalue weighted by Crippen LogP contribution is -2.04. The van der Waals surface area contributed by atoms with E-state index in [2.05, 4.69) is 21.8 Å². The Hall–Kier alpha value is -3.74. The van der Waals surface area contributed by atoms with E-state index in [4.69, 9.17) is 9.68 Å². The van der Waals surface area contributed by atoms with E-state index in [1.807, 2.05) is 54.7 Å². The number of benzene rings is 2. The molecule has 0 spiro atoms. The van der Waals surface area contributed by atoms with Crippen molar-refractivity contribution in [3.63, 3.8) is 0 Å². The first-order valence-electron chi connectivity index (χ1n) is 10.6. The summed E-state index contributed by atoms with van der Waals surface area (Å²) in [7, 11) is 0. The highest BCUT2D eigenvalue weighted by molar-refractivity contribution is 6.11. The smallest absolute Gasteiger partial charge is 0.318 e. The molecule has 1 heterocycles. The second-order valence-electron chi connectivity index (χ2n) is 7.46. The predicted molar refractivity (Wildman–Crippen MR) is 125 cm³/mol. The maximum Gasteiger partial charge on any atom is 0.331 e. The maximum atomic E-state index is 11.3. The zero-order valence-corrected chi connectivity index (χ0v) is 18.8. The summed E-state index contributed by atoms with van der Waals surface area (Å²) in [5, 5.41) is 9.03. The third-order valence-corrected chi connectivity index (χ3v) is 4.95. The van der Waals surface area contributed by atoms with Gasteiger partial charge in [0.25, 0.3) is 0 Å². The van der Waals surface area contributed by atoms with Crippen LogP contribution in [0.3, 0.4) is 0 Å². The third-order valence-electron chi connectivity index (χ3n) is 4.95. The Labute approximate surface area is 187 Å². The van der Waals surface area contributed by atoms with Crippen LogP contribution in [0, 0.1) is 0 Å². The van der Waals surface area contributed by atoms with Gasteiger partial charge in [-0.05, 0) is 43.5 Å². The Balaban J connectivity index is 2.03. The van der Waals surface area contributed by atoms with Crippen LogP contribution < -0.4 is 0 Å². The van der Waals surface area contributed by atoms with E-state index in [1.54, 1.807) is 6.92 Å². The van der Waals surface area contributed by atoms with E-state index < -0.39 is 11.9 Å². The predicted octanol–water partition coefficient (Wildman–Crippen LogP) is 5.38. The number of oxime groups is 2. The van der Waals surface area contributed by atoms with Gasteiger partial charge in [0.05, 0.1) is 16.9 Å². The fourth-order valence-electron chi connectivity index (χ4n) is 3.36. The first kappa shape index (κ1) is 22.9. The molecule has 7 nitrogen and oxygen atoms in total. The fraction of sp³-hybridized carbons (Fsp3) is 0.280. The molecule has 0 aliphatic heterocycles. The normalized spacial score (nSPS) is 12.1. The topological polar surface area (TPSA) is 82.2 Å². The van der Waals surface area contributed by atoms with Crippen LogP contribution in [0.25, 0.3) is 16.6 Å². The number of rotatable bonds is 8. The molecule has 1 aromatic heterocycles. The van der Waals surface area contributed by atoms with Gasteiger partial charge in [0.15, 0.2) is 0 Å². The fourth-order valence-corrected chi connectivity index (χ4v) is 3.36. The summed E-state index contributed by atoms with van der Waals surface area (Å²) in [5.74, 6) is -0.897. The molecule has 0 aliphatic carbocycles. The summed E-state index contributed by atoms with van der Waals surface area (Å²) in [6.07, 6.45) is 4.68. The Bertz CT molecular complexity index is 1170. The summed E-state index contributed by atoms with van der Waals surface area (Å²) in [5.41, 5.74) is 5.13. The van der Waals surface area contributed by atoms with Crippen molar-refractivity contribution in [2.24, 2.45) is 10.3 Å². The van der Waals surface area contributed by atoms with E-state index in [9.17, 15) is 9.59 Å². The third kappa shape index (κ3) is 5.49. The van der Waals surface area contributed by atoms with Crippen molar-refractivity contribution in [3.8, 4) is 5.69 Å². The number of hydrogen-bond donors (Lipinski definition) is 0. The highest BCUT2D eigenvalue weighted by Gasteiger charge is 2.15. The molecule has 3 aromatic rings. The molecule has 0 atom stereocenters. The van der Waals surface area contributed by atoms with E-state index in [1.165, 1.54) is 13.8 Å². The van der Waals surface area contributed by atoms with Gasteiger partial charge < -0.3 is 14.2 Å². The summed E-state index contributed by atoms with van der Waals surface area (Å²) in [6, 6.07) is 15.9. The zero-order chi connectivity index (χ0) is 23.1. The van der Waals surface area contributed by atoms with Gasteiger partial charge in [-0.15, -0.1) is 0 Å². The highest BCUT2D eigenvalue weighted by atomic mass is 16.7. The number of nitrogens with zero attached hydrogens (tertiary/aromatic N) is 3. The summed E-state index contributed by atoms with van der Waals surface area (Å²) < 4.78 is 2.09. The van der Waals surface area contributed by atoms with Gasteiger partial charge in [-0.2, -0.15) is 0 Å². The molecule has 0 saturated carbocycles. The maximum absolute atomic E-state index is 11.3. The monoisotopic (exact) mass is 433 g/mol. The minimum Gasteiger partial charge on any atom is -0.318 e. The number of carbonyl (C=O) groups excluding carboxylic acids is 2. The number of carbonyl (C=O) groups is 2. The summed E-state index contributed by atoms with van der Waals surface area (Å²) in [4.78, 5) is 32.0. The van der Waals surface area contributed by atoms with Crippen molar-refractivity contribution in [1.29, 1.82) is 0 Å². The molecular weight excluding hydrogens is 406 g/mol. The Morgan fingerprint density at radius 2 is 1.56 bits per heavy atom. The van der Waals surface area contributed by atoms with Crippen molar-refractivity contribution < 1.29 is 19.3 Å². The van der Waals surface area contributed by atoms with Crippen molar-refractivity contribution >= 4 is 34.3 Å². The van der Waals surface area contributed by atoms with E-state index in [-0.39, 0.29) is 0 Å². The second kappa shape index (κ2) is 10.5. The van der Waals surface area contributed by atoms with E-state index in [0.717, 1.165) is 46.3 Å². The lowest BCUT2D eigenvalue weighted by molar-refractivity contribution is -0.141. The molecule has 0 unspecified atom stereocenters. The average molecular weight is 434 g/mol. The van der Waals surface area contributed by atoms with Crippen LogP contribution >= 0.6 is 0 Å². The van der Waals surface area contributed by atoms with Crippen LogP contribution in [-0.2, 0) is 19.3 Å². The molecule has 0 amide bonds. The van der Waals surface area contributed by atoms with E-state index in [0.29, 0.717) is 12.1 Å². The van der Waals surface area contributed by atoms with Gasteiger partial charge in [-0.3, -0.25) is 0 Å². The molecule has 3 rings (SSSR count). The first-order valence-corrected chi connectivity index (χ1v) is 10.6. The number of para-hydroxylation sites is 1. The summed E-state index contributed by atoms with van der Waals surface area (Å²) >= 11 is 0. The molecule has 0 saturated heterocycles. The molecular formula is C25H27N3O4. The van der Waals surface area contributed by atoms with Crippen LogP contribution in [-0.4, -0.2) is 27.9 Å². The van der Waals surface area contributed by atoms with E-state index >= 15 is 0 Å². The molecule has 0 bridgehead atoms. The minimum absolute atomic E-state index is 0.441. The van der Waals surface area contributed by atoms with Crippen LogP contribution in [0.1, 0.15) is 58.1 Å². The zero-order valence-electron chi connectivity index (χ0n) is 18.8. The van der Waals surface area contributed by atoms with Gasteiger partial charge in [0.1, 0.15) is 0 Å². The second-order valence-corrected chi connectivity index (χ2v) is 7.46. The van der Waals surface area contributed by atoms with Crippen LogP contribution in [0.4, 0.5) is 0 Å². The SMILES string of the molecule is CCCC/C(=N\OC(C)=O)c1cn(-c2ccc(/C(C)=N/OC(C)=O)cc2)c2ccccc12. The van der Waals surface area contributed by atoms with Crippen LogP contribution in [0.15, 0.2) is 65.0 Å². The van der Waals surface area contributed by atoms with Gasteiger partial charge in [0.2, 0.25) is 0 Å². The van der Waals surface area contributed by atoms with Crippen molar-refractivity contribution in [1.82, 2.24) is 4.57 Å². The Morgan fingerprint density at radius 3 is 2.22 bits per heavy atom. The Morgan fingerprint density at radius 1 is 0.906 bits per heavy atom. The number of aromatic nitrogens is 1. The van der Waals surface area contributed by atoms with Crippen molar-refractivity contribution in [2.45, 2.75) is 47.0 Å². The Kier molecular flexibility index (Phi) is 7.54. The molecule has 0 N–H and O–H groups in total. The van der Waals surface area contributed by atoms with Crippen molar-refractivity contribution in [3.05, 3.63) is 65.9 Å². The molecule has 166 valence electrons. The van der Waals surface area contributed by atoms with Crippen molar-refractivity contribution in [2.75, 3.05) is 0 Å². The van der Waals surface area contributed by atoms with Crippen LogP contribution in [0.2, 0.25) is 0 Å². The quantitative estimate of drug-likeness (QED) is 0.271. The molecule has 0 radical (unpaired) electrons. The van der Waals surface area contributed by atoms with Gasteiger partial charge in [-0.25, -0.2) is 9.59 Å². The summed E-state index contributed by atoms with van der Waals surface area (Å²) in [6.45, 7) is 6.56. The minimum atomic E-state index is -0.457. The number of hydrogen-bond acceptors (Lipinski definition) is 6. The standard InChI is InChI=1S/C25H27N3O4/c1-5-6-10-24(27-32-19(4)30)23-16-28(25-11-8-7-9-22(23)25)21-14-12-20(13-15-21)17(2)26-31-18(3)29/h7-9,11-16H,5-6,10H2,1-4H3/b26-17+,27-24+. The molecule has 32 heavy (non-hydrogen) atoms. The lowest BCUT2D eigenvalue weighted by atomic mass is 10.0. The highest BCUT2D eigenvalue weighted by Crippen LogP contribution is 2.27. The molecule has 7 heteroatoms.